The van der Waals surface area contributed by atoms with Gasteiger partial charge in [0.05, 0.1) is 11.6 Å². The second kappa shape index (κ2) is 6.16. The van der Waals surface area contributed by atoms with Crippen molar-refractivity contribution in [2.45, 2.75) is 25.3 Å². The zero-order chi connectivity index (χ0) is 17.4. The van der Waals surface area contributed by atoms with Gasteiger partial charge in [0.25, 0.3) is 5.91 Å². The number of para-hydroxylation sites is 1. The van der Waals surface area contributed by atoms with Gasteiger partial charge in [-0.25, -0.2) is 0 Å². The van der Waals surface area contributed by atoms with Gasteiger partial charge in [-0.15, -0.1) is 0 Å². The molecular formula is C20H19N3O2. The summed E-state index contributed by atoms with van der Waals surface area (Å²) in [6, 6.07) is 15.3. The van der Waals surface area contributed by atoms with Crippen LogP contribution < -0.4 is 10.7 Å². The van der Waals surface area contributed by atoms with Crippen LogP contribution in [0, 0.1) is 0 Å². The lowest BCUT2D eigenvalue weighted by atomic mass is 9.87. The SMILES string of the molecule is Cn1nc(C(=O)NC2CCCc3ccccc32)c(=O)c2ccccc21. The Morgan fingerprint density at radius 3 is 2.80 bits per heavy atom. The van der Waals surface area contributed by atoms with E-state index in [9.17, 15) is 9.59 Å². The average Bonchev–Trinajstić information content (AvgIpc) is 2.65. The van der Waals surface area contributed by atoms with E-state index in [1.807, 2.05) is 30.3 Å². The first-order valence-electron chi connectivity index (χ1n) is 8.50. The van der Waals surface area contributed by atoms with E-state index in [2.05, 4.69) is 16.5 Å². The number of rotatable bonds is 2. The second-order valence-corrected chi connectivity index (χ2v) is 6.44. The van der Waals surface area contributed by atoms with E-state index in [-0.39, 0.29) is 17.2 Å². The van der Waals surface area contributed by atoms with Crippen molar-refractivity contribution in [3.8, 4) is 0 Å². The molecule has 0 saturated carbocycles. The van der Waals surface area contributed by atoms with E-state index in [0.717, 1.165) is 24.8 Å². The van der Waals surface area contributed by atoms with Crippen molar-refractivity contribution in [2.75, 3.05) is 0 Å². The second-order valence-electron chi connectivity index (χ2n) is 6.44. The van der Waals surface area contributed by atoms with Crippen LogP contribution >= 0.6 is 0 Å². The maximum Gasteiger partial charge on any atom is 0.276 e. The van der Waals surface area contributed by atoms with Gasteiger partial charge in [0.15, 0.2) is 5.69 Å². The Labute approximate surface area is 145 Å². The standard InChI is InChI=1S/C20H19N3O2/c1-23-17-12-5-4-10-15(17)19(24)18(22-23)20(25)21-16-11-6-8-13-7-2-3-9-14(13)16/h2-5,7,9-10,12,16H,6,8,11H2,1H3,(H,21,25). The fourth-order valence-corrected chi connectivity index (χ4v) is 3.60. The molecular weight excluding hydrogens is 314 g/mol. The summed E-state index contributed by atoms with van der Waals surface area (Å²) in [5, 5.41) is 7.73. The Morgan fingerprint density at radius 1 is 1.16 bits per heavy atom. The number of nitrogens with one attached hydrogen (secondary N) is 1. The molecule has 5 nitrogen and oxygen atoms in total. The first kappa shape index (κ1) is 15.6. The van der Waals surface area contributed by atoms with Crippen molar-refractivity contribution >= 4 is 16.8 Å². The molecule has 126 valence electrons. The highest BCUT2D eigenvalue weighted by Gasteiger charge is 2.24. The van der Waals surface area contributed by atoms with Gasteiger partial charge in [-0.2, -0.15) is 5.10 Å². The third-order valence-electron chi connectivity index (χ3n) is 4.85. The number of benzene rings is 2. The van der Waals surface area contributed by atoms with Gasteiger partial charge < -0.3 is 5.32 Å². The largest absolute Gasteiger partial charge is 0.344 e. The highest BCUT2D eigenvalue weighted by atomic mass is 16.2. The zero-order valence-corrected chi connectivity index (χ0v) is 14.0. The summed E-state index contributed by atoms with van der Waals surface area (Å²) in [4.78, 5) is 25.4. The zero-order valence-electron chi connectivity index (χ0n) is 14.0. The summed E-state index contributed by atoms with van der Waals surface area (Å²) < 4.78 is 1.58. The molecule has 1 atom stereocenters. The van der Waals surface area contributed by atoms with Crippen LogP contribution in [0.3, 0.4) is 0 Å². The third-order valence-corrected chi connectivity index (χ3v) is 4.85. The molecule has 1 heterocycles. The smallest absolute Gasteiger partial charge is 0.276 e. The minimum atomic E-state index is -0.409. The van der Waals surface area contributed by atoms with Crippen LogP contribution in [-0.2, 0) is 13.5 Å². The van der Waals surface area contributed by atoms with E-state index in [0.29, 0.717) is 10.9 Å². The van der Waals surface area contributed by atoms with Gasteiger partial charge in [0, 0.05) is 12.4 Å². The Kier molecular flexibility index (Phi) is 3.84. The van der Waals surface area contributed by atoms with Crippen molar-refractivity contribution in [3.05, 3.63) is 75.6 Å². The third kappa shape index (κ3) is 2.71. The number of aromatic nitrogens is 2. The molecule has 0 bridgehead atoms. The molecule has 1 unspecified atom stereocenters. The van der Waals surface area contributed by atoms with Crippen molar-refractivity contribution in [2.24, 2.45) is 7.05 Å². The molecule has 3 aromatic rings. The molecule has 1 aromatic heterocycles. The van der Waals surface area contributed by atoms with Gasteiger partial charge in [0.1, 0.15) is 0 Å². The normalized spacial score (nSPS) is 16.4. The molecule has 2 aromatic carbocycles. The summed E-state index contributed by atoms with van der Waals surface area (Å²) in [5.41, 5.74) is 2.74. The first-order valence-corrected chi connectivity index (χ1v) is 8.50. The number of nitrogens with zero attached hydrogens (tertiary/aromatic N) is 2. The van der Waals surface area contributed by atoms with E-state index in [1.54, 1.807) is 23.9 Å². The van der Waals surface area contributed by atoms with Crippen LogP contribution in [-0.4, -0.2) is 15.7 Å². The maximum absolute atomic E-state index is 12.8. The van der Waals surface area contributed by atoms with E-state index < -0.39 is 5.91 Å². The maximum atomic E-state index is 12.8. The molecule has 1 aliphatic rings. The number of hydrogen-bond acceptors (Lipinski definition) is 3. The van der Waals surface area contributed by atoms with Gasteiger partial charge >= 0.3 is 0 Å². The van der Waals surface area contributed by atoms with Crippen LogP contribution in [0.2, 0.25) is 0 Å². The number of amides is 1. The molecule has 1 amide bonds. The predicted octanol–water partition coefficient (Wildman–Crippen LogP) is 2.74. The molecule has 0 saturated heterocycles. The Morgan fingerprint density at radius 2 is 1.92 bits per heavy atom. The molecule has 5 heteroatoms. The summed E-state index contributed by atoms with van der Waals surface area (Å²) >= 11 is 0. The number of carbonyl (C=O) groups excluding carboxylic acids is 1. The molecule has 0 fully saturated rings. The van der Waals surface area contributed by atoms with E-state index >= 15 is 0 Å². The number of fused-ring (bicyclic) bond motifs is 2. The minimum Gasteiger partial charge on any atom is -0.344 e. The van der Waals surface area contributed by atoms with E-state index in [4.69, 9.17) is 0 Å². The summed E-state index contributed by atoms with van der Waals surface area (Å²) in [6.07, 6.45) is 2.92. The highest BCUT2D eigenvalue weighted by molar-refractivity contribution is 5.95. The van der Waals surface area contributed by atoms with Crippen LogP contribution in [0.25, 0.3) is 10.9 Å². The summed E-state index contributed by atoms with van der Waals surface area (Å²) in [5.74, 6) is -0.409. The molecule has 4 rings (SSSR count). The van der Waals surface area contributed by atoms with Crippen molar-refractivity contribution in [3.63, 3.8) is 0 Å². The fraction of sp³-hybridized carbons (Fsp3) is 0.250. The lowest BCUT2D eigenvalue weighted by Gasteiger charge is -2.26. The summed E-state index contributed by atoms with van der Waals surface area (Å²) in [7, 11) is 1.74. The Bertz CT molecular complexity index is 1020. The lowest BCUT2D eigenvalue weighted by molar-refractivity contribution is 0.0924. The minimum absolute atomic E-state index is 0.0516. The molecule has 1 N–H and O–H groups in total. The number of carbonyl (C=O) groups is 1. The van der Waals surface area contributed by atoms with Crippen LogP contribution in [0.15, 0.2) is 53.3 Å². The lowest BCUT2D eigenvalue weighted by Crippen LogP contribution is -2.35. The molecule has 1 aliphatic carbocycles. The predicted molar refractivity (Wildman–Crippen MR) is 96.6 cm³/mol. The van der Waals surface area contributed by atoms with Crippen LogP contribution in [0.1, 0.15) is 40.5 Å². The van der Waals surface area contributed by atoms with E-state index in [1.165, 1.54) is 5.56 Å². The van der Waals surface area contributed by atoms with Gasteiger partial charge in [-0.05, 0) is 42.5 Å². The van der Waals surface area contributed by atoms with Gasteiger partial charge in [0.2, 0.25) is 5.43 Å². The Balaban J connectivity index is 1.70. The topological polar surface area (TPSA) is 64.0 Å². The first-order chi connectivity index (χ1) is 12.1. The van der Waals surface area contributed by atoms with Crippen LogP contribution in [0.5, 0.6) is 0 Å². The number of aryl methyl sites for hydroxylation is 2. The van der Waals surface area contributed by atoms with Crippen molar-refractivity contribution in [1.82, 2.24) is 15.1 Å². The monoisotopic (exact) mass is 333 g/mol. The fourth-order valence-electron chi connectivity index (χ4n) is 3.60. The molecule has 0 aliphatic heterocycles. The van der Waals surface area contributed by atoms with Crippen LogP contribution in [0.4, 0.5) is 0 Å². The quantitative estimate of drug-likeness (QED) is 0.784. The molecule has 0 radical (unpaired) electrons. The van der Waals surface area contributed by atoms with Crippen molar-refractivity contribution < 1.29 is 4.79 Å². The molecule has 25 heavy (non-hydrogen) atoms. The van der Waals surface area contributed by atoms with Gasteiger partial charge in [-0.3, -0.25) is 14.3 Å². The number of hydrogen-bond donors (Lipinski definition) is 1. The highest BCUT2D eigenvalue weighted by Crippen LogP contribution is 2.29. The van der Waals surface area contributed by atoms with Gasteiger partial charge in [-0.1, -0.05) is 36.4 Å². The summed E-state index contributed by atoms with van der Waals surface area (Å²) in [6.45, 7) is 0. The average molecular weight is 333 g/mol. The molecule has 0 spiro atoms. The van der Waals surface area contributed by atoms with Crippen molar-refractivity contribution in [1.29, 1.82) is 0 Å². The Hall–Kier alpha value is -2.95.